The monoisotopic (exact) mass is 222 g/mol. The Bertz CT molecular complexity index is 466. The lowest BCUT2D eigenvalue weighted by atomic mass is 10.2. The fourth-order valence-corrected chi connectivity index (χ4v) is 1.75. The maximum Gasteiger partial charge on any atom is 0.296 e. The molecule has 16 heavy (non-hydrogen) atoms. The number of ether oxygens (including phenoxy) is 1. The predicted molar refractivity (Wildman–Crippen MR) is 57.1 cm³/mol. The first-order chi connectivity index (χ1) is 7.83. The second-order valence-corrected chi connectivity index (χ2v) is 3.79. The third-order valence-electron chi connectivity index (χ3n) is 2.61. The first-order valence-corrected chi connectivity index (χ1v) is 5.17. The quantitative estimate of drug-likeness (QED) is 0.844. The summed E-state index contributed by atoms with van der Waals surface area (Å²) in [7, 11) is 0. The highest BCUT2D eigenvalue weighted by atomic mass is 19.1. The molecule has 1 fully saturated rings. The van der Waals surface area contributed by atoms with Gasteiger partial charge in [-0.2, -0.15) is 4.98 Å². The summed E-state index contributed by atoms with van der Waals surface area (Å²) in [6.45, 7) is 0.484. The molecular weight excluding hydrogens is 211 g/mol. The molecular formula is C11H11FN2O2. The van der Waals surface area contributed by atoms with Crippen molar-refractivity contribution in [1.29, 1.82) is 0 Å². The molecule has 0 spiro atoms. The summed E-state index contributed by atoms with van der Waals surface area (Å²) >= 11 is 0. The highest BCUT2D eigenvalue weighted by molar-refractivity contribution is 5.74. The number of hydrogen-bond donors (Lipinski definition) is 1. The summed E-state index contributed by atoms with van der Waals surface area (Å²) in [5, 5.41) is 2.90. The summed E-state index contributed by atoms with van der Waals surface area (Å²) in [4.78, 5) is 4.21. The lowest BCUT2D eigenvalue weighted by Gasteiger charge is -2.09. The molecule has 1 aliphatic rings. The number of nitrogens with one attached hydrogen (secondary N) is 1. The number of nitrogens with zero attached hydrogens (tertiary/aromatic N) is 1. The number of oxazole rings is 1. The number of halogens is 1. The molecule has 1 aromatic heterocycles. The van der Waals surface area contributed by atoms with Crippen LogP contribution in [0.25, 0.3) is 11.1 Å². The van der Waals surface area contributed by atoms with Gasteiger partial charge in [-0.25, -0.2) is 4.39 Å². The van der Waals surface area contributed by atoms with Crippen LogP contribution in [0.5, 0.6) is 0 Å². The van der Waals surface area contributed by atoms with Crippen molar-refractivity contribution >= 4 is 17.1 Å². The van der Waals surface area contributed by atoms with Gasteiger partial charge in [0, 0.05) is 0 Å². The lowest BCUT2D eigenvalue weighted by molar-refractivity contribution is 0.173. The van der Waals surface area contributed by atoms with Crippen molar-refractivity contribution in [3.63, 3.8) is 0 Å². The Morgan fingerprint density at radius 3 is 2.94 bits per heavy atom. The molecule has 1 saturated heterocycles. The second kappa shape index (κ2) is 3.75. The number of aromatic nitrogens is 1. The van der Waals surface area contributed by atoms with E-state index < -0.39 is 6.17 Å². The van der Waals surface area contributed by atoms with Crippen LogP contribution in [0.4, 0.5) is 10.4 Å². The van der Waals surface area contributed by atoms with Crippen LogP contribution in [0, 0.1) is 0 Å². The van der Waals surface area contributed by atoms with E-state index in [4.69, 9.17) is 9.15 Å². The van der Waals surface area contributed by atoms with Crippen LogP contribution in [-0.2, 0) is 4.74 Å². The Morgan fingerprint density at radius 2 is 2.19 bits per heavy atom. The number of hydrogen-bond acceptors (Lipinski definition) is 4. The smallest absolute Gasteiger partial charge is 0.296 e. The number of rotatable bonds is 2. The van der Waals surface area contributed by atoms with E-state index in [0.29, 0.717) is 18.2 Å². The summed E-state index contributed by atoms with van der Waals surface area (Å²) in [5.74, 6) is 0. The van der Waals surface area contributed by atoms with Gasteiger partial charge in [-0.15, -0.1) is 0 Å². The second-order valence-electron chi connectivity index (χ2n) is 3.79. The van der Waals surface area contributed by atoms with Gasteiger partial charge in [0.1, 0.15) is 11.7 Å². The summed E-state index contributed by atoms with van der Waals surface area (Å²) in [5.41, 5.74) is 1.46. The Labute approximate surface area is 91.4 Å². The molecule has 2 aromatic rings. The van der Waals surface area contributed by atoms with Crippen LogP contribution >= 0.6 is 0 Å². The number of benzene rings is 1. The molecule has 0 bridgehead atoms. The molecule has 0 aliphatic carbocycles. The zero-order valence-electron chi connectivity index (χ0n) is 8.52. The van der Waals surface area contributed by atoms with Crippen LogP contribution in [0.2, 0.25) is 0 Å². The average Bonchev–Trinajstić information content (AvgIpc) is 2.85. The van der Waals surface area contributed by atoms with E-state index in [2.05, 4.69) is 10.3 Å². The summed E-state index contributed by atoms with van der Waals surface area (Å²) in [6, 6.07) is 7.40. The van der Waals surface area contributed by atoms with Gasteiger partial charge in [0.2, 0.25) is 0 Å². The molecule has 0 radical (unpaired) electrons. The van der Waals surface area contributed by atoms with Crippen molar-refractivity contribution in [2.45, 2.75) is 12.2 Å². The Balaban J connectivity index is 1.83. The molecule has 1 aliphatic heterocycles. The molecule has 5 heteroatoms. The van der Waals surface area contributed by atoms with E-state index in [0.717, 1.165) is 5.52 Å². The van der Waals surface area contributed by atoms with Crippen LogP contribution in [0.15, 0.2) is 28.7 Å². The van der Waals surface area contributed by atoms with E-state index in [-0.39, 0.29) is 12.6 Å². The van der Waals surface area contributed by atoms with Crippen molar-refractivity contribution in [3.8, 4) is 0 Å². The Hall–Kier alpha value is -1.62. The minimum atomic E-state index is -1.00. The van der Waals surface area contributed by atoms with E-state index in [1.165, 1.54) is 0 Å². The normalized spacial score (nSPS) is 25.1. The molecule has 2 atom stereocenters. The largest absolute Gasteiger partial charge is 0.424 e. The number of alkyl halides is 1. The first-order valence-electron chi connectivity index (χ1n) is 5.17. The van der Waals surface area contributed by atoms with Gasteiger partial charge in [0.05, 0.1) is 19.3 Å². The third kappa shape index (κ3) is 1.63. The van der Waals surface area contributed by atoms with E-state index >= 15 is 0 Å². The van der Waals surface area contributed by atoms with Crippen molar-refractivity contribution in [2.75, 3.05) is 18.5 Å². The lowest BCUT2D eigenvalue weighted by Crippen LogP contribution is -2.28. The van der Waals surface area contributed by atoms with Crippen LogP contribution in [0.3, 0.4) is 0 Å². The summed E-state index contributed by atoms with van der Waals surface area (Å²) in [6.07, 6.45) is -1.00. The fourth-order valence-electron chi connectivity index (χ4n) is 1.75. The van der Waals surface area contributed by atoms with E-state index in [1.807, 2.05) is 24.3 Å². The van der Waals surface area contributed by atoms with Crippen LogP contribution in [0.1, 0.15) is 0 Å². The van der Waals surface area contributed by atoms with Gasteiger partial charge in [-0.1, -0.05) is 12.1 Å². The van der Waals surface area contributed by atoms with Gasteiger partial charge in [0.15, 0.2) is 5.58 Å². The van der Waals surface area contributed by atoms with Gasteiger partial charge in [0.25, 0.3) is 6.01 Å². The molecule has 84 valence electrons. The van der Waals surface area contributed by atoms with Crippen molar-refractivity contribution < 1.29 is 13.5 Å². The van der Waals surface area contributed by atoms with Crippen LogP contribution < -0.4 is 5.32 Å². The Kier molecular flexibility index (Phi) is 2.25. The standard InChI is InChI=1S/C11H11FN2O2/c12-7-5-15-6-9(7)14-11-13-8-3-1-2-4-10(8)16-11/h1-4,7,9H,5-6H2,(H,13,14). The van der Waals surface area contributed by atoms with Gasteiger partial charge in [-0.05, 0) is 12.1 Å². The highest BCUT2D eigenvalue weighted by Gasteiger charge is 2.29. The molecule has 1 N–H and O–H groups in total. The van der Waals surface area contributed by atoms with Crippen LogP contribution in [-0.4, -0.2) is 30.4 Å². The number of para-hydroxylation sites is 2. The first kappa shape index (κ1) is 9.59. The molecule has 1 aromatic carbocycles. The summed E-state index contributed by atoms with van der Waals surface area (Å²) < 4.78 is 23.7. The van der Waals surface area contributed by atoms with Crippen molar-refractivity contribution in [1.82, 2.24) is 4.98 Å². The van der Waals surface area contributed by atoms with Crippen molar-refractivity contribution in [2.24, 2.45) is 0 Å². The number of fused-ring (bicyclic) bond motifs is 1. The molecule has 3 rings (SSSR count). The highest BCUT2D eigenvalue weighted by Crippen LogP contribution is 2.21. The molecule has 2 heterocycles. The molecule has 0 amide bonds. The predicted octanol–water partition coefficient (Wildman–Crippen LogP) is 1.98. The fraction of sp³-hybridized carbons (Fsp3) is 0.364. The van der Waals surface area contributed by atoms with E-state index in [1.54, 1.807) is 0 Å². The third-order valence-corrected chi connectivity index (χ3v) is 2.61. The molecule has 0 saturated carbocycles. The maximum absolute atomic E-state index is 13.3. The number of anilines is 1. The SMILES string of the molecule is FC1COCC1Nc1nc2ccccc2o1. The molecule has 4 nitrogen and oxygen atoms in total. The van der Waals surface area contributed by atoms with Crippen molar-refractivity contribution in [3.05, 3.63) is 24.3 Å². The molecule has 2 unspecified atom stereocenters. The Morgan fingerprint density at radius 1 is 1.31 bits per heavy atom. The maximum atomic E-state index is 13.3. The topological polar surface area (TPSA) is 47.3 Å². The average molecular weight is 222 g/mol. The minimum Gasteiger partial charge on any atom is -0.424 e. The van der Waals surface area contributed by atoms with Gasteiger partial charge < -0.3 is 14.5 Å². The zero-order chi connectivity index (χ0) is 11.0. The van der Waals surface area contributed by atoms with E-state index in [9.17, 15) is 4.39 Å². The van der Waals surface area contributed by atoms with Gasteiger partial charge >= 0.3 is 0 Å². The van der Waals surface area contributed by atoms with Gasteiger partial charge in [-0.3, -0.25) is 0 Å². The minimum absolute atomic E-state index is 0.137. The zero-order valence-corrected chi connectivity index (χ0v) is 8.52.